The summed E-state index contributed by atoms with van der Waals surface area (Å²) in [5.41, 5.74) is 5.42. The van der Waals surface area contributed by atoms with Gasteiger partial charge in [0.15, 0.2) is 11.8 Å². The van der Waals surface area contributed by atoms with Gasteiger partial charge in [0, 0.05) is 24.9 Å². The zero-order valence-corrected chi connectivity index (χ0v) is 16.4. The first kappa shape index (κ1) is 21.2. The van der Waals surface area contributed by atoms with E-state index in [1.807, 2.05) is 0 Å². The first-order chi connectivity index (χ1) is 14.7. The van der Waals surface area contributed by atoms with Crippen LogP contribution in [0.4, 0.5) is 15.8 Å². The Kier molecular flexibility index (Phi) is 5.80. The Morgan fingerprint density at radius 2 is 2.10 bits per heavy atom. The van der Waals surface area contributed by atoms with E-state index in [0.29, 0.717) is 0 Å². The number of aryl methyl sites for hydroxylation is 1. The minimum Gasteiger partial charge on any atom is -0.455 e. The van der Waals surface area contributed by atoms with Crippen molar-refractivity contribution in [2.45, 2.75) is 6.92 Å². The molecule has 3 N–H and O–H groups in total. The molecule has 0 bridgehead atoms. The maximum Gasteiger partial charge on any atom is 0.272 e. The molecule has 1 aliphatic rings. The van der Waals surface area contributed by atoms with Crippen molar-refractivity contribution in [3.05, 3.63) is 87.1 Å². The lowest BCUT2D eigenvalue weighted by molar-refractivity contribution is -0.385. The molecule has 31 heavy (non-hydrogen) atoms. The Labute approximate surface area is 175 Å². The molecule has 0 saturated heterocycles. The number of hydrogen-bond acceptors (Lipinski definition) is 8. The van der Waals surface area contributed by atoms with Crippen molar-refractivity contribution in [3.63, 3.8) is 0 Å². The Morgan fingerprint density at radius 1 is 1.35 bits per heavy atom. The van der Waals surface area contributed by atoms with E-state index in [0.717, 1.165) is 23.9 Å². The standard InChI is InChI=1S/C20H16FN5O5/c1-11-3-5-14(9-23-11)31-17-8-13(10-27)25(2)20(18(17)19(22)28)24-16-6-4-12(26(29)30)7-15(16)21/h3-9,24H,1-2H3,(H2,22,28). The van der Waals surface area contributed by atoms with E-state index in [2.05, 4.69) is 10.3 Å². The van der Waals surface area contributed by atoms with Gasteiger partial charge in [0.05, 0.1) is 22.9 Å². The van der Waals surface area contributed by atoms with E-state index >= 15 is 0 Å². The minimum absolute atomic E-state index is 0.0371. The number of anilines is 1. The number of pyridine rings is 1. The van der Waals surface area contributed by atoms with Crippen molar-refractivity contribution in [2.75, 3.05) is 12.4 Å². The van der Waals surface area contributed by atoms with Crippen molar-refractivity contribution < 1.29 is 23.6 Å². The van der Waals surface area contributed by atoms with Crippen LogP contribution < -0.4 is 15.8 Å². The Hall–Kier alpha value is -4.50. The number of non-ortho nitro benzene ring substituents is 1. The fourth-order valence-electron chi connectivity index (χ4n) is 2.75. The van der Waals surface area contributed by atoms with Crippen LogP contribution in [0.25, 0.3) is 0 Å². The number of nitrogens with one attached hydrogen (secondary N) is 1. The van der Waals surface area contributed by atoms with Gasteiger partial charge in [-0.2, -0.15) is 0 Å². The highest BCUT2D eigenvalue weighted by Crippen LogP contribution is 2.31. The average Bonchev–Trinajstić information content (AvgIpc) is 2.72. The van der Waals surface area contributed by atoms with Crippen LogP contribution in [0, 0.1) is 22.9 Å². The van der Waals surface area contributed by atoms with E-state index in [4.69, 9.17) is 10.5 Å². The first-order valence-electron chi connectivity index (χ1n) is 8.77. The number of benzene rings is 1. The lowest BCUT2D eigenvalue weighted by atomic mass is 10.1. The molecule has 0 atom stereocenters. The second-order valence-corrected chi connectivity index (χ2v) is 6.43. The van der Waals surface area contributed by atoms with Crippen LogP contribution in [0.1, 0.15) is 5.69 Å². The van der Waals surface area contributed by atoms with E-state index < -0.39 is 22.3 Å². The Balaban J connectivity index is 2.08. The molecule has 10 nitrogen and oxygen atoms in total. The number of primary amides is 1. The number of amides is 1. The molecule has 1 aromatic carbocycles. The van der Waals surface area contributed by atoms with Gasteiger partial charge >= 0.3 is 0 Å². The number of rotatable bonds is 6. The van der Waals surface area contributed by atoms with Gasteiger partial charge in [-0.1, -0.05) is 0 Å². The van der Waals surface area contributed by atoms with Crippen LogP contribution >= 0.6 is 0 Å². The number of nitrogens with zero attached hydrogens (tertiary/aromatic N) is 3. The number of hydrogen-bond donors (Lipinski definition) is 2. The summed E-state index contributed by atoms with van der Waals surface area (Å²) in [4.78, 5) is 39.1. The van der Waals surface area contributed by atoms with E-state index in [1.165, 1.54) is 24.2 Å². The molecule has 0 saturated carbocycles. The summed E-state index contributed by atoms with van der Waals surface area (Å²) >= 11 is 0. The Bertz CT molecular complexity index is 1180. The third kappa shape index (κ3) is 4.41. The van der Waals surface area contributed by atoms with Gasteiger partial charge in [0.25, 0.3) is 11.6 Å². The smallest absolute Gasteiger partial charge is 0.272 e. The first-order valence-corrected chi connectivity index (χ1v) is 8.77. The molecule has 0 aliphatic carbocycles. The summed E-state index contributed by atoms with van der Waals surface area (Å²) in [6.07, 6.45) is 2.67. The van der Waals surface area contributed by atoms with E-state index in [1.54, 1.807) is 25.0 Å². The maximum absolute atomic E-state index is 14.4. The number of halogens is 1. The molecule has 1 aliphatic heterocycles. The molecule has 1 amide bonds. The molecule has 1 aromatic heterocycles. The van der Waals surface area contributed by atoms with Crippen molar-refractivity contribution >= 4 is 23.2 Å². The second-order valence-electron chi connectivity index (χ2n) is 6.43. The summed E-state index contributed by atoms with van der Waals surface area (Å²) in [6, 6.07) is 6.21. The topological polar surface area (TPSA) is 141 Å². The quantitative estimate of drug-likeness (QED) is 0.408. The zero-order chi connectivity index (χ0) is 22.7. The molecule has 0 radical (unpaired) electrons. The van der Waals surface area contributed by atoms with Crippen molar-refractivity contribution in [3.8, 4) is 5.75 Å². The second kappa shape index (κ2) is 8.47. The highest BCUT2D eigenvalue weighted by Gasteiger charge is 2.30. The summed E-state index contributed by atoms with van der Waals surface area (Å²) in [5.74, 6) is -0.0555. The third-order valence-corrected chi connectivity index (χ3v) is 4.33. The van der Waals surface area contributed by atoms with Crippen LogP contribution in [0.2, 0.25) is 0 Å². The molecule has 3 rings (SSSR count). The molecule has 0 spiro atoms. The predicted molar refractivity (Wildman–Crippen MR) is 108 cm³/mol. The molecule has 2 heterocycles. The van der Waals surface area contributed by atoms with Crippen LogP contribution in [0.15, 0.2) is 65.5 Å². The monoisotopic (exact) mass is 425 g/mol. The number of carbonyl (C=O) groups excluding carboxylic acids is 2. The van der Waals surface area contributed by atoms with Gasteiger partial charge < -0.3 is 20.7 Å². The predicted octanol–water partition coefficient (Wildman–Crippen LogP) is 2.17. The normalized spacial score (nSPS) is 13.5. The fourth-order valence-corrected chi connectivity index (χ4v) is 2.75. The van der Waals surface area contributed by atoms with Crippen LogP contribution in [-0.4, -0.2) is 33.7 Å². The van der Waals surface area contributed by atoms with Gasteiger partial charge in [-0.05, 0) is 25.1 Å². The number of carbonyl (C=O) groups is 1. The zero-order valence-electron chi connectivity index (χ0n) is 16.4. The summed E-state index contributed by atoms with van der Waals surface area (Å²) in [6.45, 7) is 1.78. The van der Waals surface area contributed by atoms with E-state index in [9.17, 15) is 24.1 Å². The number of allylic oxidation sites excluding steroid dienone is 1. The van der Waals surface area contributed by atoms with Crippen molar-refractivity contribution in [2.24, 2.45) is 5.73 Å². The number of likely N-dealkylation sites (N-methyl/N-ethyl adjacent to an activating group) is 1. The molecule has 158 valence electrons. The van der Waals surface area contributed by atoms with Gasteiger partial charge in [-0.25, -0.2) is 9.18 Å². The maximum atomic E-state index is 14.4. The van der Waals surface area contributed by atoms with Gasteiger partial charge in [-0.15, -0.1) is 0 Å². The number of nitro groups is 1. The summed E-state index contributed by atoms with van der Waals surface area (Å²) in [5, 5.41) is 13.5. The summed E-state index contributed by atoms with van der Waals surface area (Å²) in [7, 11) is 1.43. The molecular weight excluding hydrogens is 409 g/mol. The SMILES string of the molecule is Cc1ccc(OC2=CC(=C=O)N(C)C(Nc3ccc([N+](=O)[O-])cc3F)=C2C(N)=O)cn1. The van der Waals surface area contributed by atoms with E-state index in [-0.39, 0.29) is 34.3 Å². The van der Waals surface area contributed by atoms with Crippen LogP contribution in [0.5, 0.6) is 5.75 Å². The number of aromatic nitrogens is 1. The molecular formula is C20H16FN5O5. The molecule has 0 fully saturated rings. The van der Waals surface area contributed by atoms with Crippen molar-refractivity contribution in [1.29, 1.82) is 0 Å². The minimum atomic E-state index is -0.949. The third-order valence-electron chi connectivity index (χ3n) is 4.33. The van der Waals surface area contributed by atoms with Gasteiger partial charge in [-0.3, -0.25) is 19.9 Å². The number of ether oxygens (including phenoxy) is 1. The van der Waals surface area contributed by atoms with Crippen LogP contribution in [-0.2, 0) is 9.59 Å². The molecule has 11 heteroatoms. The highest BCUT2D eigenvalue weighted by molar-refractivity contribution is 5.98. The van der Waals surface area contributed by atoms with Gasteiger partial charge in [0.2, 0.25) is 0 Å². The summed E-state index contributed by atoms with van der Waals surface area (Å²) < 4.78 is 20.1. The largest absolute Gasteiger partial charge is 0.455 e. The van der Waals surface area contributed by atoms with Crippen LogP contribution in [0.3, 0.4) is 0 Å². The number of nitrogens with two attached hydrogens (primary N) is 1. The lowest BCUT2D eigenvalue weighted by Crippen LogP contribution is -2.33. The fraction of sp³-hybridized carbons (Fsp3) is 0.100. The molecule has 0 unspecified atom stereocenters. The highest BCUT2D eigenvalue weighted by atomic mass is 19.1. The Morgan fingerprint density at radius 3 is 2.65 bits per heavy atom. The number of nitro benzene ring substituents is 1. The molecule has 2 aromatic rings. The van der Waals surface area contributed by atoms with Gasteiger partial charge in [0.1, 0.15) is 28.6 Å². The lowest BCUT2D eigenvalue weighted by Gasteiger charge is -2.30. The van der Waals surface area contributed by atoms with Crippen molar-refractivity contribution in [1.82, 2.24) is 9.88 Å². The average molecular weight is 425 g/mol.